The Balaban J connectivity index is 1.88. The molecule has 0 spiro atoms. The third kappa shape index (κ3) is 7.07. The summed E-state index contributed by atoms with van der Waals surface area (Å²) in [5.41, 5.74) is 6.76. The molecule has 3 amide bonds. The van der Waals surface area contributed by atoms with E-state index in [1.807, 2.05) is 30.3 Å². The maximum absolute atomic E-state index is 12.5. The average Bonchev–Trinajstić information content (AvgIpc) is 3.21. The zero-order valence-corrected chi connectivity index (χ0v) is 16.8. The fourth-order valence-electron chi connectivity index (χ4n) is 3.34. The molecule has 1 aliphatic rings. The number of nitrogens with one attached hydrogen (secondary N) is 2. The fraction of sp³-hybridized carbons (Fsp3) is 0.450. The van der Waals surface area contributed by atoms with Crippen LogP contribution in [0.4, 0.5) is 0 Å². The number of aliphatic carboxylic acids is 2. The molecule has 1 fully saturated rings. The quantitative estimate of drug-likeness (QED) is 0.302. The first kappa shape index (κ1) is 23.8. The fourth-order valence-corrected chi connectivity index (χ4v) is 3.34. The van der Waals surface area contributed by atoms with E-state index in [2.05, 4.69) is 10.6 Å². The Bertz CT molecular complexity index is 830. The normalized spacial score (nSPS) is 17.5. The molecule has 31 heavy (non-hydrogen) atoms. The number of carbonyl (C=O) groups is 5. The summed E-state index contributed by atoms with van der Waals surface area (Å²) in [6.45, 7) is -0.0951. The molecule has 1 aliphatic heterocycles. The van der Waals surface area contributed by atoms with Crippen molar-refractivity contribution in [1.29, 1.82) is 0 Å². The number of hydrogen-bond donors (Lipinski definition) is 5. The highest BCUT2D eigenvalue weighted by Gasteiger charge is 2.36. The number of carbonyl (C=O) groups excluding carboxylic acids is 3. The van der Waals surface area contributed by atoms with Gasteiger partial charge in [-0.05, 0) is 24.8 Å². The Morgan fingerprint density at radius 1 is 1.13 bits per heavy atom. The first-order chi connectivity index (χ1) is 14.7. The van der Waals surface area contributed by atoms with E-state index in [1.165, 1.54) is 4.90 Å². The van der Waals surface area contributed by atoms with Crippen molar-refractivity contribution in [2.75, 3.05) is 13.1 Å². The number of benzene rings is 1. The lowest BCUT2D eigenvalue weighted by Crippen LogP contribution is -2.53. The molecule has 6 N–H and O–H groups in total. The minimum absolute atomic E-state index is 0.263. The van der Waals surface area contributed by atoms with Crippen LogP contribution in [0.15, 0.2) is 30.3 Å². The van der Waals surface area contributed by atoms with Crippen molar-refractivity contribution in [3.8, 4) is 0 Å². The lowest BCUT2D eigenvalue weighted by atomic mass is 10.1. The van der Waals surface area contributed by atoms with Crippen LogP contribution in [0.25, 0.3) is 0 Å². The molecular formula is C20H26N4O7. The van der Waals surface area contributed by atoms with Crippen molar-refractivity contribution in [3.05, 3.63) is 35.9 Å². The predicted molar refractivity (Wildman–Crippen MR) is 108 cm³/mol. The van der Waals surface area contributed by atoms with Crippen LogP contribution in [0.1, 0.15) is 24.8 Å². The van der Waals surface area contributed by atoms with Crippen LogP contribution in [-0.4, -0.2) is 76.0 Å². The molecule has 2 rings (SSSR count). The van der Waals surface area contributed by atoms with Gasteiger partial charge in [0.15, 0.2) is 0 Å². The number of carboxylic acids is 2. The highest BCUT2D eigenvalue weighted by Crippen LogP contribution is 2.18. The summed E-state index contributed by atoms with van der Waals surface area (Å²) in [4.78, 5) is 60.3. The van der Waals surface area contributed by atoms with E-state index in [-0.39, 0.29) is 13.1 Å². The van der Waals surface area contributed by atoms with Crippen LogP contribution in [-0.2, 0) is 30.4 Å². The molecule has 1 heterocycles. The van der Waals surface area contributed by atoms with E-state index in [0.29, 0.717) is 19.3 Å². The van der Waals surface area contributed by atoms with Gasteiger partial charge in [0.1, 0.15) is 12.1 Å². The molecule has 0 bridgehead atoms. The second-order valence-corrected chi connectivity index (χ2v) is 7.26. The summed E-state index contributed by atoms with van der Waals surface area (Å²) < 4.78 is 0. The van der Waals surface area contributed by atoms with Crippen LogP contribution < -0.4 is 16.4 Å². The van der Waals surface area contributed by atoms with Crippen LogP contribution in [0.2, 0.25) is 0 Å². The monoisotopic (exact) mass is 434 g/mol. The molecule has 168 valence electrons. The summed E-state index contributed by atoms with van der Waals surface area (Å²) in [7, 11) is 0. The largest absolute Gasteiger partial charge is 0.481 e. The van der Waals surface area contributed by atoms with E-state index in [0.717, 1.165) is 5.56 Å². The molecule has 3 unspecified atom stereocenters. The SMILES string of the molecule is NC(Cc1ccccc1)C(=O)NCC(=O)N1CCCC1C(=O)NC(CC(=O)O)C(=O)O. The Kier molecular flexibility index (Phi) is 8.50. The minimum atomic E-state index is -1.60. The lowest BCUT2D eigenvalue weighted by molar-refractivity contribution is -0.148. The van der Waals surface area contributed by atoms with Gasteiger partial charge in [-0.1, -0.05) is 30.3 Å². The molecule has 11 nitrogen and oxygen atoms in total. The lowest BCUT2D eigenvalue weighted by Gasteiger charge is -2.25. The van der Waals surface area contributed by atoms with Gasteiger partial charge in [-0.15, -0.1) is 0 Å². The van der Waals surface area contributed by atoms with Crippen LogP contribution in [0.3, 0.4) is 0 Å². The van der Waals surface area contributed by atoms with E-state index in [9.17, 15) is 24.0 Å². The van der Waals surface area contributed by atoms with Crippen molar-refractivity contribution in [2.45, 2.75) is 43.8 Å². The molecule has 11 heteroatoms. The Morgan fingerprint density at radius 3 is 2.42 bits per heavy atom. The third-order valence-electron chi connectivity index (χ3n) is 4.92. The summed E-state index contributed by atoms with van der Waals surface area (Å²) in [5.74, 6) is -4.62. The molecular weight excluding hydrogens is 408 g/mol. The number of hydrogen-bond acceptors (Lipinski definition) is 6. The van der Waals surface area contributed by atoms with E-state index in [1.54, 1.807) is 0 Å². The van der Waals surface area contributed by atoms with E-state index < -0.39 is 54.2 Å². The maximum atomic E-state index is 12.5. The van der Waals surface area contributed by atoms with Crippen molar-refractivity contribution >= 4 is 29.7 Å². The van der Waals surface area contributed by atoms with Gasteiger partial charge in [0.2, 0.25) is 17.7 Å². The van der Waals surface area contributed by atoms with Crippen molar-refractivity contribution in [2.24, 2.45) is 5.73 Å². The van der Waals surface area contributed by atoms with E-state index in [4.69, 9.17) is 15.9 Å². The van der Waals surface area contributed by atoms with Crippen molar-refractivity contribution < 1.29 is 34.2 Å². The first-order valence-corrected chi connectivity index (χ1v) is 9.80. The number of amides is 3. The van der Waals surface area contributed by atoms with Gasteiger partial charge in [-0.2, -0.15) is 0 Å². The molecule has 3 atom stereocenters. The first-order valence-electron chi connectivity index (χ1n) is 9.80. The minimum Gasteiger partial charge on any atom is -0.481 e. The van der Waals surface area contributed by atoms with Crippen molar-refractivity contribution in [1.82, 2.24) is 15.5 Å². The van der Waals surface area contributed by atoms with Gasteiger partial charge in [0, 0.05) is 6.54 Å². The molecule has 0 aromatic heterocycles. The molecule has 1 saturated heterocycles. The third-order valence-corrected chi connectivity index (χ3v) is 4.92. The summed E-state index contributed by atoms with van der Waals surface area (Å²) in [6, 6.07) is 5.79. The highest BCUT2D eigenvalue weighted by molar-refractivity contribution is 5.93. The summed E-state index contributed by atoms with van der Waals surface area (Å²) >= 11 is 0. The van der Waals surface area contributed by atoms with Crippen LogP contribution >= 0.6 is 0 Å². The number of rotatable bonds is 10. The van der Waals surface area contributed by atoms with Crippen LogP contribution in [0, 0.1) is 0 Å². The van der Waals surface area contributed by atoms with Crippen LogP contribution in [0.5, 0.6) is 0 Å². The Morgan fingerprint density at radius 2 is 1.81 bits per heavy atom. The average molecular weight is 434 g/mol. The standard InChI is InChI=1S/C20H26N4O7/c21-13(9-12-5-2-1-3-6-12)18(28)22-11-16(25)24-8-4-7-15(24)19(29)23-14(20(30)31)10-17(26)27/h1-3,5-6,13-15H,4,7-11,21H2,(H,22,28)(H,23,29)(H,26,27)(H,30,31). The maximum Gasteiger partial charge on any atom is 0.326 e. The van der Waals surface area contributed by atoms with E-state index >= 15 is 0 Å². The second-order valence-electron chi connectivity index (χ2n) is 7.26. The van der Waals surface area contributed by atoms with Gasteiger partial charge >= 0.3 is 11.9 Å². The van der Waals surface area contributed by atoms with Gasteiger partial charge in [-0.25, -0.2) is 4.79 Å². The molecule has 0 radical (unpaired) electrons. The smallest absolute Gasteiger partial charge is 0.326 e. The molecule has 1 aromatic rings. The Hall–Kier alpha value is -3.47. The van der Waals surface area contributed by atoms with Gasteiger partial charge in [0.05, 0.1) is 19.0 Å². The number of likely N-dealkylation sites (tertiary alicyclic amines) is 1. The van der Waals surface area contributed by atoms with Gasteiger partial charge in [-0.3, -0.25) is 19.2 Å². The summed E-state index contributed by atoms with van der Waals surface area (Å²) in [6.07, 6.45) is 0.341. The molecule has 0 saturated carbocycles. The number of nitrogens with two attached hydrogens (primary N) is 1. The van der Waals surface area contributed by atoms with Gasteiger partial charge < -0.3 is 31.5 Å². The predicted octanol–water partition coefficient (Wildman–Crippen LogP) is -1.29. The zero-order chi connectivity index (χ0) is 23.0. The summed E-state index contributed by atoms with van der Waals surface area (Å²) in [5, 5.41) is 22.5. The second kappa shape index (κ2) is 11.1. The van der Waals surface area contributed by atoms with Crippen molar-refractivity contribution in [3.63, 3.8) is 0 Å². The highest BCUT2D eigenvalue weighted by atomic mass is 16.4. The number of nitrogens with zero attached hydrogens (tertiary/aromatic N) is 1. The molecule has 0 aliphatic carbocycles. The topological polar surface area (TPSA) is 179 Å². The number of carboxylic acid groups (broad SMARTS) is 2. The molecule has 1 aromatic carbocycles. The zero-order valence-electron chi connectivity index (χ0n) is 16.8. The van der Waals surface area contributed by atoms with Gasteiger partial charge in [0.25, 0.3) is 0 Å². The Labute approximate surface area is 178 Å².